The minimum atomic E-state index is 0.0681. The molecule has 1 amide bonds. The van der Waals surface area contributed by atoms with E-state index in [0.29, 0.717) is 11.6 Å². The van der Waals surface area contributed by atoms with Gasteiger partial charge in [-0.25, -0.2) is 0 Å². The molecule has 1 aliphatic heterocycles. The first kappa shape index (κ1) is 14.5. The van der Waals surface area contributed by atoms with Crippen LogP contribution < -0.4 is 5.32 Å². The minimum absolute atomic E-state index is 0.0681. The number of carbonyl (C=O) groups excluding carboxylic acids is 1. The molecule has 2 aromatic rings. The third-order valence-corrected chi connectivity index (χ3v) is 3.83. The molecule has 0 radical (unpaired) electrons. The van der Waals surface area contributed by atoms with Gasteiger partial charge in [-0.1, -0.05) is 12.1 Å². The van der Waals surface area contributed by atoms with Crippen molar-refractivity contribution in [2.24, 2.45) is 0 Å². The van der Waals surface area contributed by atoms with Gasteiger partial charge in [-0.3, -0.25) is 9.78 Å². The summed E-state index contributed by atoms with van der Waals surface area (Å²) in [6.45, 7) is 4.39. The highest BCUT2D eigenvalue weighted by atomic mass is 16.3. The van der Waals surface area contributed by atoms with Crippen LogP contribution in [0.3, 0.4) is 0 Å². The molecule has 5 nitrogen and oxygen atoms in total. The zero-order valence-corrected chi connectivity index (χ0v) is 12.5. The standard InChI is InChI=1S/C17H19N3O2/c1-12-11-20(9-8-18-12)17(22)14-4-2-13(3-5-14)16-7-6-15(21)10-19-16/h2-7,10,12,18,21H,8-9,11H2,1H3/t12-/m0/s1. The number of nitrogens with zero attached hydrogens (tertiary/aromatic N) is 2. The number of aromatic hydroxyl groups is 1. The lowest BCUT2D eigenvalue weighted by atomic mass is 10.1. The maximum absolute atomic E-state index is 12.5. The number of nitrogens with one attached hydrogen (secondary N) is 1. The van der Waals surface area contributed by atoms with E-state index >= 15 is 0 Å². The molecule has 1 fully saturated rings. The topological polar surface area (TPSA) is 65.5 Å². The number of hydrogen-bond donors (Lipinski definition) is 2. The molecule has 3 rings (SSSR count). The zero-order chi connectivity index (χ0) is 15.5. The Morgan fingerprint density at radius 1 is 1.27 bits per heavy atom. The van der Waals surface area contributed by atoms with Gasteiger partial charge in [0.2, 0.25) is 0 Å². The van der Waals surface area contributed by atoms with Crippen molar-refractivity contribution < 1.29 is 9.90 Å². The summed E-state index contributed by atoms with van der Waals surface area (Å²) in [5.74, 6) is 0.210. The highest BCUT2D eigenvalue weighted by Gasteiger charge is 2.21. The van der Waals surface area contributed by atoms with Crippen LogP contribution in [0.5, 0.6) is 5.75 Å². The second-order valence-corrected chi connectivity index (χ2v) is 5.59. The number of aromatic nitrogens is 1. The lowest BCUT2D eigenvalue weighted by molar-refractivity contribution is 0.0709. The van der Waals surface area contributed by atoms with E-state index in [4.69, 9.17) is 0 Å². The first-order chi connectivity index (χ1) is 10.6. The van der Waals surface area contributed by atoms with Crippen molar-refractivity contribution in [3.05, 3.63) is 48.2 Å². The van der Waals surface area contributed by atoms with Gasteiger partial charge < -0.3 is 15.3 Å². The van der Waals surface area contributed by atoms with Crippen molar-refractivity contribution in [1.29, 1.82) is 0 Å². The molecule has 1 aliphatic rings. The van der Waals surface area contributed by atoms with Crippen LogP contribution in [0.15, 0.2) is 42.6 Å². The summed E-state index contributed by atoms with van der Waals surface area (Å²) < 4.78 is 0. The van der Waals surface area contributed by atoms with Crippen LogP contribution in [0, 0.1) is 0 Å². The van der Waals surface area contributed by atoms with E-state index in [1.807, 2.05) is 29.2 Å². The molecule has 0 unspecified atom stereocenters. The molecule has 22 heavy (non-hydrogen) atoms. The average Bonchev–Trinajstić information content (AvgIpc) is 2.55. The quantitative estimate of drug-likeness (QED) is 0.888. The molecule has 1 saturated heterocycles. The molecular formula is C17H19N3O2. The SMILES string of the molecule is C[C@H]1CN(C(=O)c2ccc(-c3ccc(O)cn3)cc2)CCN1. The Morgan fingerprint density at radius 3 is 2.68 bits per heavy atom. The lowest BCUT2D eigenvalue weighted by Gasteiger charge is -2.32. The van der Waals surface area contributed by atoms with Crippen molar-refractivity contribution >= 4 is 5.91 Å². The number of pyridine rings is 1. The monoisotopic (exact) mass is 297 g/mol. The predicted molar refractivity (Wildman–Crippen MR) is 84.7 cm³/mol. The van der Waals surface area contributed by atoms with Crippen molar-refractivity contribution in [2.75, 3.05) is 19.6 Å². The zero-order valence-electron chi connectivity index (χ0n) is 12.5. The first-order valence-electron chi connectivity index (χ1n) is 7.41. The van der Waals surface area contributed by atoms with E-state index in [2.05, 4.69) is 17.2 Å². The summed E-state index contributed by atoms with van der Waals surface area (Å²) in [6.07, 6.45) is 1.41. The summed E-state index contributed by atoms with van der Waals surface area (Å²) >= 11 is 0. The third kappa shape index (κ3) is 3.09. The lowest BCUT2D eigenvalue weighted by Crippen LogP contribution is -2.51. The number of carbonyl (C=O) groups is 1. The van der Waals surface area contributed by atoms with Crippen LogP contribution >= 0.6 is 0 Å². The molecule has 114 valence electrons. The summed E-state index contributed by atoms with van der Waals surface area (Å²) in [4.78, 5) is 18.5. The fourth-order valence-corrected chi connectivity index (χ4v) is 2.64. The van der Waals surface area contributed by atoms with Gasteiger partial charge in [0.05, 0.1) is 11.9 Å². The molecule has 5 heteroatoms. The molecule has 0 saturated carbocycles. The number of amides is 1. The minimum Gasteiger partial charge on any atom is -0.506 e. The van der Waals surface area contributed by atoms with Gasteiger partial charge in [0.25, 0.3) is 5.91 Å². The molecule has 2 heterocycles. The van der Waals surface area contributed by atoms with E-state index in [1.165, 1.54) is 6.20 Å². The van der Waals surface area contributed by atoms with Gasteiger partial charge in [0, 0.05) is 36.8 Å². The molecule has 1 atom stereocenters. The van der Waals surface area contributed by atoms with E-state index in [1.54, 1.807) is 12.1 Å². The Kier molecular flexibility index (Phi) is 4.06. The van der Waals surface area contributed by atoms with Crippen LogP contribution in [0.4, 0.5) is 0 Å². The largest absolute Gasteiger partial charge is 0.506 e. The number of benzene rings is 1. The van der Waals surface area contributed by atoms with Crippen LogP contribution in [-0.2, 0) is 0 Å². The third-order valence-electron chi connectivity index (χ3n) is 3.83. The predicted octanol–water partition coefficient (Wildman–Crippen LogP) is 1.89. The highest BCUT2D eigenvalue weighted by molar-refractivity contribution is 5.94. The normalized spacial score (nSPS) is 18.2. The molecular weight excluding hydrogens is 278 g/mol. The second-order valence-electron chi connectivity index (χ2n) is 5.59. The van der Waals surface area contributed by atoms with Crippen LogP contribution in [0.2, 0.25) is 0 Å². The van der Waals surface area contributed by atoms with Crippen LogP contribution in [0.1, 0.15) is 17.3 Å². The summed E-state index contributed by atoms with van der Waals surface area (Å²) in [7, 11) is 0. The van der Waals surface area contributed by atoms with Crippen molar-refractivity contribution in [3.8, 4) is 17.0 Å². The van der Waals surface area contributed by atoms with Gasteiger partial charge in [-0.2, -0.15) is 0 Å². The molecule has 0 aliphatic carbocycles. The van der Waals surface area contributed by atoms with Gasteiger partial charge in [-0.15, -0.1) is 0 Å². The number of hydrogen-bond acceptors (Lipinski definition) is 4. The van der Waals surface area contributed by atoms with Gasteiger partial charge in [0.1, 0.15) is 5.75 Å². The highest BCUT2D eigenvalue weighted by Crippen LogP contribution is 2.20. The van der Waals surface area contributed by atoms with Crippen LogP contribution in [0.25, 0.3) is 11.3 Å². The maximum Gasteiger partial charge on any atom is 0.253 e. The Bertz CT molecular complexity index is 653. The van der Waals surface area contributed by atoms with E-state index in [9.17, 15) is 9.90 Å². The van der Waals surface area contributed by atoms with E-state index in [-0.39, 0.29) is 11.7 Å². The summed E-state index contributed by atoms with van der Waals surface area (Å²) in [5, 5.41) is 12.6. The van der Waals surface area contributed by atoms with E-state index in [0.717, 1.165) is 30.9 Å². The molecule has 1 aromatic heterocycles. The molecule has 2 N–H and O–H groups in total. The Balaban J connectivity index is 1.76. The van der Waals surface area contributed by atoms with Crippen LogP contribution in [-0.4, -0.2) is 46.6 Å². The Labute approximate surface area is 129 Å². The van der Waals surface area contributed by atoms with Crippen molar-refractivity contribution in [1.82, 2.24) is 15.2 Å². The number of piperazine rings is 1. The van der Waals surface area contributed by atoms with Gasteiger partial charge >= 0.3 is 0 Å². The fourth-order valence-electron chi connectivity index (χ4n) is 2.64. The van der Waals surface area contributed by atoms with Crippen molar-refractivity contribution in [2.45, 2.75) is 13.0 Å². The molecule has 1 aromatic carbocycles. The summed E-state index contributed by atoms with van der Waals surface area (Å²) in [6, 6.07) is 11.1. The first-order valence-corrected chi connectivity index (χ1v) is 7.41. The molecule has 0 bridgehead atoms. The fraction of sp³-hybridized carbons (Fsp3) is 0.294. The number of rotatable bonds is 2. The average molecular weight is 297 g/mol. The van der Waals surface area contributed by atoms with Crippen molar-refractivity contribution in [3.63, 3.8) is 0 Å². The smallest absolute Gasteiger partial charge is 0.253 e. The maximum atomic E-state index is 12.5. The van der Waals surface area contributed by atoms with Gasteiger partial charge in [-0.05, 0) is 31.2 Å². The van der Waals surface area contributed by atoms with E-state index < -0.39 is 0 Å². The Morgan fingerprint density at radius 2 is 2.05 bits per heavy atom. The molecule has 0 spiro atoms. The second kappa shape index (κ2) is 6.15. The summed E-state index contributed by atoms with van der Waals surface area (Å²) in [5.41, 5.74) is 2.38. The van der Waals surface area contributed by atoms with Gasteiger partial charge in [0.15, 0.2) is 0 Å². The Hall–Kier alpha value is -2.40.